The van der Waals surface area contributed by atoms with Gasteiger partial charge in [0.25, 0.3) is 17.7 Å². The number of aromatic nitrogens is 1. The van der Waals surface area contributed by atoms with Gasteiger partial charge in [0.05, 0.1) is 12.1 Å². The van der Waals surface area contributed by atoms with Crippen LogP contribution in [0.4, 0.5) is 0 Å². The van der Waals surface area contributed by atoms with Crippen LogP contribution in [-0.4, -0.2) is 29.3 Å². The molecule has 0 saturated heterocycles. The monoisotopic (exact) mass is 364 g/mol. The molecule has 3 aromatic rings. The number of carbonyl (C=O) groups excluding carboxylic acids is 3. The quantitative estimate of drug-likeness (QED) is 0.532. The van der Waals surface area contributed by atoms with E-state index in [4.69, 9.17) is 0 Å². The first-order valence-corrected chi connectivity index (χ1v) is 8.46. The summed E-state index contributed by atoms with van der Waals surface area (Å²) in [6.45, 7) is 3.62. The Hall–Kier alpha value is -3.61. The zero-order chi connectivity index (χ0) is 19.4. The fraction of sp³-hybridized carbons (Fsp3) is 0.150. The highest BCUT2D eigenvalue weighted by molar-refractivity contribution is 6.07. The lowest BCUT2D eigenvalue weighted by molar-refractivity contribution is -0.120. The summed E-state index contributed by atoms with van der Waals surface area (Å²) < 4.78 is 0. The molecule has 4 N–H and O–H groups in total. The average Bonchev–Trinajstić information content (AvgIpc) is 3.10. The van der Waals surface area contributed by atoms with E-state index in [0.717, 1.165) is 22.0 Å². The van der Waals surface area contributed by atoms with E-state index in [1.807, 2.05) is 44.2 Å². The summed E-state index contributed by atoms with van der Waals surface area (Å²) in [6, 6.07) is 12.7. The molecule has 27 heavy (non-hydrogen) atoms. The molecule has 0 saturated carbocycles. The fourth-order valence-electron chi connectivity index (χ4n) is 2.64. The molecule has 0 atom stereocenters. The lowest BCUT2D eigenvalue weighted by Crippen LogP contribution is -2.46. The van der Waals surface area contributed by atoms with Crippen LogP contribution < -0.4 is 16.2 Å². The third-order valence-corrected chi connectivity index (χ3v) is 4.33. The van der Waals surface area contributed by atoms with Gasteiger partial charge in [-0.2, -0.15) is 0 Å². The van der Waals surface area contributed by atoms with Gasteiger partial charge >= 0.3 is 0 Å². The molecular formula is C20H20N4O3. The van der Waals surface area contributed by atoms with Gasteiger partial charge in [-0.05, 0) is 43.2 Å². The number of carbonyl (C=O) groups is 3. The van der Waals surface area contributed by atoms with E-state index in [0.29, 0.717) is 11.1 Å². The van der Waals surface area contributed by atoms with Crippen molar-refractivity contribution in [2.45, 2.75) is 13.8 Å². The van der Waals surface area contributed by atoms with E-state index in [1.54, 1.807) is 18.3 Å². The summed E-state index contributed by atoms with van der Waals surface area (Å²) in [5.41, 5.74) is 8.46. The maximum atomic E-state index is 12.2. The molecule has 0 bridgehead atoms. The minimum absolute atomic E-state index is 0.250. The maximum Gasteiger partial charge on any atom is 0.271 e. The molecule has 3 amide bonds. The Kier molecular flexibility index (Phi) is 5.21. The van der Waals surface area contributed by atoms with Crippen LogP contribution in [0.5, 0.6) is 0 Å². The standard InChI is InChI=1S/C20H20N4O3/c1-12-7-8-14(9-13(12)2)19(26)22-11-18(25)23-24-20(27)16-10-21-17-6-4-3-5-15(16)17/h3-10,21H,11H2,1-2H3,(H,22,26)(H,23,25)(H,24,27). The molecule has 7 heteroatoms. The Morgan fingerprint density at radius 1 is 0.926 bits per heavy atom. The Labute approximate surface area is 156 Å². The Morgan fingerprint density at radius 3 is 2.48 bits per heavy atom. The molecular weight excluding hydrogens is 344 g/mol. The van der Waals surface area contributed by atoms with Crippen LogP contribution in [0.25, 0.3) is 10.9 Å². The van der Waals surface area contributed by atoms with Crippen molar-refractivity contribution in [2.24, 2.45) is 0 Å². The summed E-state index contributed by atoms with van der Waals surface area (Å²) in [6.07, 6.45) is 1.58. The Morgan fingerprint density at radius 2 is 1.70 bits per heavy atom. The molecule has 0 spiro atoms. The minimum atomic E-state index is -0.527. The van der Waals surface area contributed by atoms with Gasteiger partial charge < -0.3 is 10.3 Å². The van der Waals surface area contributed by atoms with Crippen molar-refractivity contribution in [3.8, 4) is 0 Å². The van der Waals surface area contributed by atoms with Crippen molar-refractivity contribution in [1.82, 2.24) is 21.2 Å². The van der Waals surface area contributed by atoms with Crippen LogP contribution in [0.15, 0.2) is 48.7 Å². The number of amides is 3. The van der Waals surface area contributed by atoms with E-state index >= 15 is 0 Å². The van der Waals surface area contributed by atoms with Crippen molar-refractivity contribution in [2.75, 3.05) is 6.54 Å². The first-order valence-electron chi connectivity index (χ1n) is 8.46. The van der Waals surface area contributed by atoms with Gasteiger partial charge in [0.15, 0.2) is 0 Å². The topological polar surface area (TPSA) is 103 Å². The summed E-state index contributed by atoms with van der Waals surface area (Å²) in [5, 5.41) is 3.28. The maximum absolute atomic E-state index is 12.2. The van der Waals surface area contributed by atoms with Crippen LogP contribution in [0.2, 0.25) is 0 Å². The van der Waals surface area contributed by atoms with Crippen molar-refractivity contribution in [1.29, 1.82) is 0 Å². The number of benzene rings is 2. The average molecular weight is 364 g/mol. The number of aromatic amines is 1. The number of para-hydroxylation sites is 1. The molecule has 0 aliphatic rings. The van der Waals surface area contributed by atoms with Crippen LogP contribution in [0, 0.1) is 13.8 Å². The normalized spacial score (nSPS) is 10.4. The zero-order valence-corrected chi connectivity index (χ0v) is 15.1. The van der Waals surface area contributed by atoms with Crippen molar-refractivity contribution < 1.29 is 14.4 Å². The zero-order valence-electron chi connectivity index (χ0n) is 15.1. The van der Waals surface area contributed by atoms with E-state index in [1.165, 1.54) is 0 Å². The number of aryl methyl sites for hydroxylation is 2. The Bertz CT molecular complexity index is 1020. The highest BCUT2D eigenvalue weighted by Crippen LogP contribution is 2.17. The third-order valence-electron chi connectivity index (χ3n) is 4.33. The van der Waals surface area contributed by atoms with Crippen LogP contribution in [0.1, 0.15) is 31.8 Å². The molecule has 7 nitrogen and oxygen atoms in total. The Balaban J connectivity index is 1.51. The molecule has 2 aromatic carbocycles. The molecule has 0 fully saturated rings. The SMILES string of the molecule is Cc1ccc(C(=O)NCC(=O)NNC(=O)c2c[nH]c3ccccc23)cc1C. The second-order valence-electron chi connectivity index (χ2n) is 6.23. The molecule has 0 aliphatic heterocycles. The number of fused-ring (bicyclic) bond motifs is 1. The number of hydrogen-bond donors (Lipinski definition) is 4. The summed E-state index contributed by atoms with van der Waals surface area (Å²) in [5.74, 6) is -1.32. The highest BCUT2D eigenvalue weighted by atomic mass is 16.2. The molecule has 1 aromatic heterocycles. The minimum Gasteiger partial charge on any atom is -0.360 e. The molecule has 0 radical (unpaired) electrons. The van der Waals surface area contributed by atoms with Gasteiger partial charge in [-0.1, -0.05) is 24.3 Å². The van der Waals surface area contributed by atoms with Gasteiger partial charge in [-0.15, -0.1) is 0 Å². The van der Waals surface area contributed by atoms with Crippen LogP contribution in [-0.2, 0) is 4.79 Å². The second kappa shape index (κ2) is 7.74. The molecule has 0 unspecified atom stereocenters. The first-order chi connectivity index (χ1) is 13.0. The number of H-pyrrole nitrogens is 1. The molecule has 138 valence electrons. The van der Waals surface area contributed by atoms with E-state index in [9.17, 15) is 14.4 Å². The predicted molar refractivity (Wildman–Crippen MR) is 102 cm³/mol. The number of rotatable bonds is 4. The number of hydrogen-bond acceptors (Lipinski definition) is 3. The van der Waals surface area contributed by atoms with Crippen LogP contribution in [0.3, 0.4) is 0 Å². The molecule has 3 rings (SSSR count). The number of hydrazine groups is 1. The second-order valence-corrected chi connectivity index (χ2v) is 6.23. The predicted octanol–water partition coefficient (Wildman–Crippen LogP) is 1.98. The van der Waals surface area contributed by atoms with Crippen molar-refractivity contribution in [3.63, 3.8) is 0 Å². The van der Waals surface area contributed by atoms with Crippen molar-refractivity contribution in [3.05, 3.63) is 70.9 Å². The lowest BCUT2D eigenvalue weighted by atomic mass is 10.1. The smallest absolute Gasteiger partial charge is 0.271 e. The summed E-state index contributed by atoms with van der Waals surface area (Å²) in [4.78, 5) is 39.2. The highest BCUT2D eigenvalue weighted by Gasteiger charge is 2.13. The number of nitrogens with one attached hydrogen (secondary N) is 4. The largest absolute Gasteiger partial charge is 0.360 e. The van der Waals surface area contributed by atoms with Gasteiger partial charge in [0.1, 0.15) is 0 Å². The van der Waals surface area contributed by atoms with Gasteiger partial charge in [-0.3, -0.25) is 25.2 Å². The molecule has 1 heterocycles. The van der Waals surface area contributed by atoms with E-state index in [-0.39, 0.29) is 12.5 Å². The first kappa shape index (κ1) is 18.2. The van der Waals surface area contributed by atoms with E-state index in [2.05, 4.69) is 21.2 Å². The third kappa shape index (κ3) is 4.14. The lowest BCUT2D eigenvalue weighted by Gasteiger charge is -2.09. The fourth-order valence-corrected chi connectivity index (χ4v) is 2.64. The van der Waals surface area contributed by atoms with Gasteiger partial charge in [-0.25, -0.2) is 0 Å². The van der Waals surface area contributed by atoms with Crippen LogP contribution >= 0.6 is 0 Å². The molecule has 0 aliphatic carbocycles. The summed E-state index contributed by atoms with van der Waals surface area (Å²) in [7, 11) is 0. The van der Waals surface area contributed by atoms with Crippen molar-refractivity contribution >= 4 is 28.6 Å². The van der Waals surface area contributed by atoms with Gasteiger partial charge in [0.2, 0.25) is 0 Å². The van der Waals surface area contributed by atoms with E-state index < -0.39 is 11.8 Å². The summed E-state index contributed by atoms with van der Waals surface area (Å²) >= 11 is 0. The van der Waals surface area contributed by atoms with Gasteiger partial charge in [0, 0.05) is 22.7 Å².